The minimum atomic E-state index is -0.354. The van der Waals surface area contributed by atoms with Gasteiger partial charge in [-0.2, -0.15) is 0 Å². The zero-order valence-corrected chi connectivity index (χ0v) is 15.7. The first-order valence-electron chi connectivity index (χ1n) is 8.50. The summed E-state index contributed by atoms with van der Waals surface area (Å²) >= 11 is 0. The highest BCUT2D eigenvalue weighted by molar-refractivity contribution is 5.94. The summed E-state index contributed by atoms with van der Waals surface area (Å²) < 4.78 is 11.5. The number of fused-ring (bicyclic) bond motifs is 2. The highest BCUT2D eigenvalue weighted by atomic mass is 35.5. The number of benzene rings is 2. The van der Waals surface area contributed by atoms with Crippen LogP contribution in [0.15, 0.2) is 36.4 Å². The fourth-order valence-electron chi connectivity index (χ4n) is 3.56. The van der Waals surface area contributed by atoms with Crippen LogP contribution in [0.2, 0.25) is 0 Å². The SMILES string of the molecule is CC1(C)CC(NC(=O)c2ccc3c(c2)COC3)c2cc(N)ccc2O1.Cl. The minimum absolute atomic E-state index is 0. The quantitative estimate of drug-likeness (QED) is 0.785. The monoisotopic (exact) mass is 374 g/mol. The standard InChI is InChI=1S/C20H22N2O3.ClH/c1-20(2)9-17(16-8-15(21)5-6-18(16)25-20)22-19(23)12-3-4-13-10-24-11-14(13)7-12;/h3-8,17H,9-11,21H2,1-2H3,(H,22,23);1H. The molecule has 1 atom stereocenters. The molecule has 2 aromatic carbocycles. The van der Waals surface area contributed by atoms with E-state index in [1.165, 1.54) is 0 Å². The van der Waals surface area contributed by atoms with E-state index in [1.807, 2.05) is 50.2 Å². The Balaban J connectivity index is 0.00000196. The van der Waals surface area contributed by atoms with Gasteiger partial charge < -0.3 is 20.5 Å². The van der Waals surface area contributed by atoms with E-state index in [4.69, 9.17) is 15.2 Å². The Morgan fingerprint density at radius 2 is 1.92 bits per heavy atom. The molecule has 6 heteroatoms. The number of hydrogen-bond donors (Lipinski definition) is 2. The molecule has 2 aromatic rings. The number of amides is 1. The van der Waals surface area contributed by atoms with Crippen LogP contribution in [0.3, 0.4) is 0 Å². The molecule has 5 nitrogen and oxygen atoms in total. The Hall–Kier alpha value is -2.24. The van der Waals surface area contributed by atoms with Crippen LogP contribution in [0.4, 0.5) is 5.69 Å². The molecule has 0 radical (unpaired) electrons. The molecule has 2 aliphatic heterocycles. The minimum Gasteiger partial charge on any atom is -0.487 e. The van der Waals surface area contributed by atoms with Crippen molar-refractivity contribution in [3.05, 3.63) is 58.7 Å². The number of halogens is 1. The van der Waals surface area contributed by atoms with E-state index in [-0.39, 0.29) is 30.0 Å². The van der Waals surface area contributed by atoms with Crippen molar-refractivity contribution in [2.45, 2.75) is 45.1 Å². The Morgan fingerprint density at radius 1 is 1.15 bits per heavy atom. The van der Waals surface area contributed by atoms with Gasteiger partial charge in [0.05, 0.1) is 19.3 Å². The number of hydrogen-bond acceptors (Lipinski definition) is 4. The van der Waals surface area contributed by atoms with Crippen molar-refractivity contribution in [3.8, 4) is 5.75 Å². The first-order valence-corrected chi connectivity index (χ1v) is 8.50. The van der Waals surface area contributed by atoms with Gasteiger partial charge in [-0.15, -0.1) is 12.4 Å². The van der Waals surface area contributed by atoms with Gasteiger partial charge in [0.15, 0.2) is 0 Å². The molecule has 0 bridgehead atoms. The molecule has 3 N–H and O–H groups in total. The molecule has 0 fully saturated rings. The predicted octanol–water partition coefficient (Wildman–Crippen LogP) is 3.75. The zero-order valence-electron chi connectivity index (χ0n) is 14.9. The zero-order chi connectivity index (χ0) is 17.6. The van der Waals surface area contributed by atoms with Gasteiger partial charge in [0.1, 0.15) is 11.4 Å². The smallest absolute Gasteiger partial charge is 0.251 e. The van der Waals surface area contributed by atoms with E-state index in [1.54, 1.807) is 0 Å². The molecule has 4 rings (SSSR count). The molecule has 2 heterocycles. The van der Waals surface area contributed by atoms with Crippen molar-refractivity contribution in [2.24, 2.45) is 0 Å². The van der Waals surface area contributed by atoms with Crippen molar-refractivity contribution in [3.63, 3.8) is 0 Å². The molecule has 0 aliphatic carbocycles. The van der Waals surface area contributed by atoms with E-state index in [2.05, 4.69) is 5.32 Å². The topological polar surface area (TPSA) is 73.6 Å². The summed E-state index contributed by atoms with van der Waals surface area (Å²) in [5, 5.41) is 3.15. The van der Waals surface area contributed by atoms with Crippen molar-refractivity contribution < 1.29 is 14.3 Å². The lowest BCUT2D eigenvalue weighted by Crippen LogP contribution is -2.41. The van der Waals surface area contributed by atoms with Crippen LogP contribution < -0.4 is 15.8 Å². The third-order valence-electron chi connectivity index (χ3n) is 4.78. The maximum Gasteiger partial charge on any atom is 0.251 e. The van der Waals surface area contributed by atoms with Crippen LogP contribution in [0.25, 0.3) is 0 Å². The van der Waals surface area contributed by atoms with E-state index in [0.29, 0.717) is 30.9 Å². The molecule has 138 valence electrons. The summed E-state index contributed by atoms with van der Waals surface area (Å²) in [7, 11) is 0. The number of carbonyl (C=O) groups excluding carboxylic acids is 1. The second-order valence-corrected chi connectivity index (χ2v) is 7.37. The molecular formula is C20H23ClN2O3. The average molecular weight is 375 g/mol. The second-order valence-electron chi connectivity index (χ2n) is 7.37. The fourth-order valence-corrected chi connectivity index (χ4v) is 3.56. The third-order valence-corrected chi connectivity index (χ3v) is 4.78. The molecule has 0 saturated carbocycles. The molecule has 0 aromatic heterocycles. The summed E-state index contributed by atoms with van der Waals surface area (Å²) in [6.07, 6.45) is 0.684. The Bertz CT molecular complexity index is 851. The van der Waals surface area contributed by atoms with Gasteiger partial charge in [-0.05, 0) is 55.3 Å². The Kier molecular flexibility index (Phi) is 4.86. The van der Waals surface area contributed by atoms with Crippen molar-refractivity contribution in [2.75, 3.05) is 5.73 Å². The molecule has 0 saturated heterocycles. The van der Waals surface area contributed by atoms with Crippen LogP contribution in [0.1, 0.15) is 53.4 Å². The lowest BCUT2D eigenvalue weighted by Gasteiger charge is -2.38. The van der Waals surface area contributed by atoms with Crippen LogP contribution in [-0.2, 0) is 18.0 Å². The van der Waals surface area contributed by atoms with Crippen LogP contribution in [0, 0.1) is 0 Å². The van der Waals surface area contributed by atoms with Gasteiger partial charge in [0.2, 0.25) is 0 Å². The lowest BCUT2D eigenvalue weighted by molar-refractivity contribution is 0.0620. The maximum atomic E-state index is 12.8. The number of nitrogen functional groups attached to an aromatic ring is 1. The van der Waals surface area contributed by atoms with Gasteiger partial charge in [0.25, 0.3) is 5.91 Å². The van der Waals surface area contributed by atoms with Crippen molar-refractivity contribution in [1.82, 2.24) is 5.32 Å². The van der Waals surface area contributed by atoms with Gasteiger partial charge in [0, 0.05) is 23.2 Å². The van der Waals surface area contributed by atoms with E-state index < -0.39 is 0 Å². The molecule has 1 unspecified atom stereocenters. The maximum absolute atomic E-state index is 12.8. The summed E-state index contributed by atoms with van der Waals surface area (Å²) in [5.41, 5.74) is 10.1. The van der Waals surface area contributed by atoms with E-state index in [9.17, 15) is 4.79 Å². The normalized spacial score (nSPS) is 19.5. The second kappa shape index (κ2) is 6.82. The largest absolute Gasteiger partial charge is 0.487 e. The Morgan fingerprint density at radius 3 is 2.73 bits per heavy atom. The summed E-state index contributed by atoms with van der Waals surface area (Å²) in [6, 6.07) is 11.2. The average Bonchev–Trinajstić information content (AvgIpc) is 3.02. The van der Waals surface area contributed by atoms with E-state index in [0.717, 1.165) is 22.4 Å². The predicted molar refractivity (Wildman–Crippen MR) is 103 cm³/mol. The highest BCUT2D eigenvalue weighted by Crippen LogP contribution is 2.40. The van der Waals surface area contributed by atoms with Gasteiger partial charge >= 0.3 is 0 Å². The number of anilines is 1. The number of rotatable bonds is 2. The van der Waals surface area contributed by atoms with Crippen LogP contribution in [-0.4, -0.2) is 11.5 Å². The van der Waals surface area contributed by atoms with Crippen molar-refractivity contribution >= 4 is 24.0 Å². The highest BCUT2D eigenvalue weighted by Gasteiger charge is 2.34. The first-order chi connectivity index (χ1) is 11.9. The van der Waals surface area contributed by atoms with Gasteiger partial charge in [-0.3, -0.25) is 4.79 Å². The molecule has 0 spiro atoms. The van der Waals surface area contributed by atoms with Gasteiger partial charge in [-0.1, -0.05) is 6.07 Å². The first kappa shape index (κ1) is 18.5. The molecule has 2 aliphatic rings. The summed E-state index contributed by atoms with van der Waals surface area (Å²) in [4.78, 5) is 12.8. The molecular weight excluding hydrogens is 352 g/mol. The number of nitrogens with one attached hydrogen (secondary N) is 1. The molecule has 1 amide bonds. The Labute approximate surface area is 159 Å². The van der Waals surface area contributed by atoms with E-state index >= 15 is 0 Å². The lowest BCUT2D eigenvalue weighted by atomic mass is 9.89. The summed E-state index contributed by atoms with van der Waals surface area (Å²) in [6.45, 7) is 5.24. The fraction of sp³-hybridized carbons (Fsp3) is 0.350. The van der Waals surface area contributed by atoms with Gasteiger partial charge in [-0.25, -0.2) is 0 Å². The third kappa shape index (κ3) is 3.50. The van der Waals surface area contributed by atoms with Crippen molar-refractivity contribution in [1.29, 1.82) is 0 Å². The number of carbonyl (C=O) groups is 1. The van der Waals surface area contributed by atoms with Crippen LogP contribution >= 0.6 is 12.4 Å². The number of nitrogens with two attached hydrogens (primary N) is 1. The van der Waals surface area contributed by atoms with Crippen LogP contribution in [0.5, 0.6) is 5.75 Å². The number of ether oxygens (including phenoxy) is 2. The molecule has 26 heavy (non-hydrogen) atoms. The summed E-state index contributed by atoms with van der Waals surface area (Å²) in [5.74, 6) is 0.684.